The third-order valence-electron chi connectivity index (χ3n) is 1.51. The van der Waals surface area contributed by atoms with E-state index in [4.69, 9.17) is 5.73 Å². The first-order chi connectivity index (χ1) is 4.84. The van der Waals surface area contributed by atoms with E-state index >= 15 is 0 Å². The molecular weight excluding hydrogens is 178 g/mol. The highest BCUT2D eigenvalue weighted by Gasteiger charge is 2.03. The first kappa shape index (κ1) is 11.0. The van der Waals surface area contributed by atoms with Crippen LogP contribution >= 0.6 is 23.7 Å². The van der Waals surface area contributed by atoms with Gasteiger partial charge in [-0.3, -0.25) is 0 Å². The second kappa shape index (κ2) is 5.58. The minimum Gasteiger partial charge on any atom is -0.323 e. The molecule has 0 aliphatic carbocycles. The number of nitrogens with two attached hydrogens (primary N) is 1. The van der Waals surface area contributed by atoms with E-state index in [2.05, 4.69) is 24.4 Å². The van der Waals surface area contributed by atoms with Gasteiger partial charge in [-0.25, -0.2) is 0 Å². The molecule has 0 spiro atoms. The van der Waals surface area contributed by atoms with Gasteiger partial charge in [0.2, 0.25) is 0 Å². The van der Waals surface area contributed by atoms with Gasteiger partial charge in [0.05, 0.1) is 0 Å². The Hall–Kier alpha value is -0.0500. The normalized spacial score (nSPS) is 12.2. The van der Waals surface area contributed by atoms with E-state index in [0.717, 1.165) is 6.42 Å². The number of hydrogen-bond donors (Lipinski definition) is 1. The molecule has 11 heavy (non-hydrogen) atoms. The Bertz CT molecular complexity index is 174. The van der Waals surface area contributed by atoms with Crippen LogP contribution in [0.1, 0.15) is 30.7 Å². The molecule has 2 N–H and O–H groups in total. The lowest BCUT2D eigenvalue weighted by atomic mass is 10.1. The summed E-state index contributed by atoms with van der Waals surface area (Å²) in [5.74, 6) is 0. The highest BCUT2D eigenvalue weighted by atomic mass is 35.5. The van der Waals surface area contributed by atoms with Crippen molar-refractivity contribution in [1.29, 1.82) is 0 Å². The Labute approximate surface area is 78.0 Å². The lowest BCUT2D eigenvalue weighted by Gasteiger charge is -2.05. The molecule has 1 atom stereocenters. The lowest BCUT2D eigenvalue weighted by Crippen LogP contribution is -2.07. The van der Waals surface area contributed by atoms with Gasteiger partial charge in [0, 0.05) is 10.9 Å². The largest absolute Gasteiger partial charge is 0.323 e. The molecule has 1 heterocycles. The summed E-state index contributed by atoms with van der Waals surface area (Å²) in [4.78, 5) is 1.31. The van der Waals surface area contributed by atoms with Crippen LogP contribution in [-0.4, -0.2) is 0 Å². The summed E-state index contributed by atoms with van der Waals surface area (Å²) in [5, 5.41) is 2.07. The Balaban J connectivity index is 0.000001000. The molecule has 1 aromatic rings. The van der Waals surface area contributed by atoms with Gasteiger partial charge in [0.1, 0.15) is 0 Å². The zero-order chi connectivity index (χ0) is 7.40. The van der Waals surface area contributed by atoms with Gasteiger partial charge in [0.15, 0.2) is 0 Å². The van der Waals surface area contributed by atoms with Crippen LogP contribution in [0.2, 0.25) is 0 Å². The molecular formula is C8H14ClNS. The molecule has 1 aromatic heterocycles. The van der Waals surface area contributed by atoms with Gasteiger partial charge in [-0.2, -0.15) is 0 Å². The molecule has 0 aliphatic heterocycles. The summed E-state index contributed by atoms with van der Waals surface area (Å²) in [5.41, 5.74) is 5.86. The van der Waals surface area contributed by atoms with E-state index in [9.17, 15) is 0 Å². The maximum atomic E-state index is 5.86. The van der Waals surface area contributed by atoms with Crippen molar-refractivity contribution in [1.82, 2.24) is 0 Å². The fourth-order valence-electron chi connectivity index (χ4n) is 0.956. The van der Waals surface area contributed by atoms with Crippen molar-refractivity contribution >= 4 is 23.7 Å². The SMILES string of the molecule is CCC[C@@H](N)c1cccs1.Cl. The van der Waals surface area contributed by atoms with Gasteiger partial charge >= 0.3 is 0 Å². The van der Waals surface area contributed by atoms with Crippen molar-refractivity contribution < 1.29 is 0 Å². The standard InChI is InChI=1S/C8H13NS.ClH/c1-2-4-7(9)8-5-3-6-10-8;/h3,5-7H,2,4,9H2,1H3;1H/t7-;/m1./s1. The van der Waals surface area contributed by atoms with E-state index in [1.54, 1.807) is 11.3 Å². The van der Waals surface area contributed by atoms with Crippen LogP contribution < -0.4 is 5.73 Å². The molecule has 1 nitrogen and oxygen atoms in total. The van der Waals surface area contributed by atoms with Gasteiger partial charge in [-0.15, -0.1) is 23.7 Å². The van der Waals surface area contributed by atoms with Crippen LogP contribution in [0.5, 0.6) is 0 Å². The van der Waals surface area contributed by atoms with Crippen LogP contribution in [0.15, 0.2) is 17.5 Å². The average Bonchev–Trinajstić information content (AvgIpc) is 2.38. The molecule has 0 bridgehead atoms. The third kappa shape index (κ3) is 3.23. The number of halogens is 1. The summed E-state index contributed by atoms with van der Waals surface area (Å²) < 4.78 is 0. The molecule has 0 fully saturated rings. The fourth-order valence-corrected chi connectivity index (χ4v) is 1.72. The topological polar surface area (TPSA) is 26.0 Å². The van der Waals surface area contributed by atoms with Crippen LogP contribution in [0.3, 0.4) is 0 Å². The van der Waals surface area contributed by atoms with Crippen LogP contribution in [0, 0.1) is 0 Å². The van der Waals surface area contributed by atoms with E-state index in [0.29, 0.717) is 0 Å². The zero-order valence-electron chi connectivity index (χ0n) is 6.62. The van der Waals surface area contributed by atoms with Crippen LogP contribution in [0.4, 0.5) is 0 Å². The molecule has 64 valence electrons. The highest BCUT2D eigenvalue weighted by Crippen LogP contribution is 2.19. The second-order valence-corrected chi connectivity index (χ2v) is 3.39. The molecule has 0 saturated heterocycles. The highest BCUT2D eigenvalue weighted by molar-refractivity contribution is 7.10. The fraction of sp³-hybridized carbons (Fsp3) is 0.500. The Kier molecular flexibility index (Phi) is 5.56. The summed E-state index contributed by atoms with van der Waals surface area (Å²) in [6, 6.07) is 4.42. The van der Waals surface area contributed by atoms with Crippen molar-refractivity contribution in [3.8, 4) is 0 Å². The maximum absolute atomic E-state index is 5.86. The first-order valence-corrected chi connectivity index (χ1v) is 4.51. The number of hydrogen-bond acceptors (Lipinski definition) is 2. The zero-order valence-corrected chi connectivity index (χ0v) is 8.25. The van der Waals surface area contributed by atoms with Gasteiger partial charge in [0.25, 0.3) is 0 Å². The molecule has 1 rings (SSSR count). The van der Waals surface area contributed by atoms with Crippen molar-refractivity contribution in [3.63, 3.8) is 0 Å². The summed E-state index contributed by atoms with van der Waals surface area (Å²) in [6.07, 6.45) is 2.26. The third-order valence-corrected chi connectivity index (χ3v) is 2.51. The van der Waals surface area contributed by atoms with E-state index in [1.165, 1.54) is 11.3 Å². The predicted octanol–water partition coefficient (Wildman–Crippen LogP) is 2.97. The molecule has 0 amide bonds. The summed E-state index contributed by atoms with van der Waals surface area (Å²) >= 11 is 1.75. The molecule has 3 heteroatoms. The van der Waals surface area contributed by atoms with E-state index in [1.807, 2.05) is 0 Å². The quantitative estimate of drug-likeness (QED) is 0.781. The first-order valence-electron chi connectivity index (χ1n) is 3.63. The Morgan fingerprint density at radius 1 is 1.64 bits per heavy atom. The lowest BCUT2D eigenvalue weighted by molar-refractivity contribution is 0.648. The van der Waals surface area contributed by atoms with Crippen molar-refractivity contribution in [3.05, 3.63) is 22.4 Å². The monoisotopic (exact) mass is 191 g/mol. The van der Waals surface area contributed by atoms with Crippen molar-refractivity contribution in [2.24, 2.45) is 5.73 Å². The van der Waals surface area contributed by atoms with Crippen molar-refractivity contribution in [2.75, 3.05) is 0 Å². The second-order valence-electron chi connectivity index (χ2n) is 2.41. The molecule has 0 unspecified atom stereocenters. The van der Waals surface area contributed by atoms with Crippen molar-refractivity contribution in [2.45, 2.75) is 25.8 Å². The number of thiophene rings is 1. The van der Waals surface area contributed by atoms with Gasteiger partial charge < -0.3 is 5.73 Å². The number of rotatable bonds is 3. The van der Waals surface area contributed by atoms with Crippen LogP contribution in [0.25, 0.3) is 0 Å². The van der Waals surface area contributed by atoms with E-state index < -0.39 is 0 Å². The smallest absolute Gasteiger partial charge is 0.0389 e. The molecule has 0 radical (unpaired) electrons. The summed E-state index contributed by atoms with van der Waals surface area (Å²) in [6.45, 7) is 2.16. The minimum atomic E-state index is 0. The Morgan fingerprint density at radius 3 is 2.82 bits per heavy atom. The maximum Gasteiger partial charge on any atom is 0.0389 e. The minimum absolute atomic E-state index is 0. The Morgan fingerprint density at radius 2 is 2.36 bits per heavy atom. The van der Waals surface area contributed by atoms with Gasteiger partial charge in [-0.05, 0) is 17.9 Å². The average molecular weight is 192 g/mol. The molecule has 0 aromatic carbocycles. The van der Waals surface area contributed by atoms with E-state index in [-0.39, 0.29) is 18.4 Å². The summed E-state index contributed by atoms with van der Waals surface area (Å²) in [7, 11) is 0. The van der Waals surface area contributed by atoms with Crippen LogP contribution in [-0.2, 0) is 0 Å². The molecule has 0 aliphatic rings. The van der Waals surface area contributed by atoms with Gasteiger partial charge in [-0.1, -0.05) is 19.4 Å². The molecule has 0 saturated carbocycles. The predicted molar refractivity (Wildman–Crippen MR) is 53.4 cm³/mol.